The van der Waals surface area contributed by atoms with Gasteiger partial charge in [-0.25, -0.2) is 0 Å². The molecule has 0 heterocycles. The summed E-state index contributed by atoms with van der Waals surface area (Å²) in [5, 5.41) is 0. The van der Waals surface area contributed by atoms with Crippen molar-refractivity contribution in [3.8, 4) is 18.1 Å². The van der Waals surface area contributed by atoms with Gasteiger partial charge in [0, 0.05) is 0 Å². The zero-order valence-electron chi connectivity index (χ0n) is 24.9. The van der Waals surface area contributed by atoms with E-state index in [1.807, 2.05) is 0 Å². The molecule has 0 unspecified atom stereocenters. The maximum atomic E-state index is 5.77. The Morgan fingerprint density at radius 2 is 0.900 bits per heavy atom. The lowest BCUT2D eigenvalue weighted by molar-refractivity contribution is -0.0204. The Labute approximate surface area is 243 Å². The highest BCUT2D eigenvalue weighted by Crippen LogP contribution is 2.15. The minimum absolute atomic E-state index is 0.315. The van der Waals surface area contributed by atoms with Crippen LogP contribution in [-0.2, 0) is 39.6 Å². The molecule has 0 radical (unpaired) electrons. The van der Waals surface area contributed by atoms with Crippen LogP contribution in [0.5, 0.6) is 5.75 Å². The standard InChI is InChI=1S/C32H54O8/c1-3-5-6-7-8-9-10-11-31-12-14-32(15-13-31)40-30-29-39-28-27-38-26-25-37-24-23-36-22-21-35-20-19-34-18-17-33-16-4-2/h2,12-15H,3,5-11,16-30H2,1H3. The Balaban J connectivity index is 1.76. The highest BCUT2D eigenvalue weighted by atomic mass is 16.6. The molecule has 0 N–H and O–H groups in total. The second-order valence-electron chi connectivity index (χ2n) is 9.29. The average molecular weight is 567 g/mol. The predicted octanol–water partition coefficient (Wildman–Crippen LogP) is 5.11. The number of hydrogen-bond acceptors (Lipinski definition) is 8. The Morgan fingerprint density at radius 3 is 1.35 bits per heavy atom. The van der Waals surface area contributed by atoms with Crippen LogP contribution in [0.25, 0.3) is 0 Å². The summed E-state index contributed by atoms with van der Waals surface area (Å²) in [5.41, 5.74) is 1.38. The number of unbranched alkanes of at least 4 members (excludes halogenated alkanes) is 6. The van der Waals surface area contributed by atoms with E-state index in [4.69, 9.17) is 44.3 Å². The molecule has 8 nitrogen and oxygen atoms in total. The molecule has 0 saturated carbocycles. The highest BCUT2D eigenvalue weighted by molar-refractivity contribution is 5.27. The van der Waals surface area contributed by atoms with Gasteiger partial charge in [-0.1, -0.05) is 63.5 Å². The lowest BCUT2D eigenvalue weighted by Crippen LogP contribution is -2.15. The SMILES string of the molecule is C#CCOCCOCCOCCOCCOCCOCCOCCOc1ccc(CCCCCCCCC)cc1. The van der Waals surface area contributed by atoms with Gasteiger partial charge < -0.3 is 37.9 Å². The Hall–Kier alpha value is -1.70. The second kappa shape index (κ2) is 30.3. The van der Waals surface area contributed by atoms with Crippen LogP contribution >= 0.6 is 0 Å². The molecule has 0 aromatic heterocycles. The first-order valence-corrected chi connectivity index (χ1v) is 15.1. The summed E-state index contributed by atoms with van der Waals surface area (Å²) in [4.78, 5) is 0. The van der Waals surface area contributed by atoms with Crippen LogP contribution in [0.15, 0.2) is 24.3 Å². The summed E-state index contributed by atoms with van der Waals surface area (Å²) in [5.74, 6) is 3.29. The van der Waals surface area contributed by atoms with Crippen LogP contribution in [0.1, 0.15) is 57.4 Å². The fourth-order valence-electron chi connectivity index (χ4n) is 3.71. The summed E-state index contributed by atoms with van der Waals surface area (Å²) in [6.07, 6.45) is 15.6. The van der Waals surface area contributed by atoms with E-state index < -0.39 is 0 Å². The van der Waals surface area contributed by atoms with E-state index in [0.29, 0.717) is 99.1 Å². The Kier molecular flexibility index (Phi) is 27.5. The first kappa shape index (κ1) is 36.3. The molecule has 8 heteroatoms. The van der Waals surface area contributed by atoms with Crippen molar-refractivity contribution in [1.29, 1.82) is 0 Å². The predicted molar refractivity (Wildman–Crippen MR) is 158 cm³/mol. The monoisotopic (exact) mass is 566 g/mol. The molecule has 0 bridgehead atoms. The number of terminal acetylenes is 1. The van der Waals surface area contributed by atoms with E-state index in [-0.39, 0.29) is 0 Å². The van der Waals surface area contributed by atoms with E-state index in [2.05, 4.69) is 37.1 Å². The van der Waals surface area contributed by atoms with Crippen molar-refractivity contribution in [3.05, 3.63) is 29.8 Å². The highest BCUT2D eigenvalue weighted by Gasteiger charge is 1.98. The third-order valence-electron chi connectivity index (χ3n) is 5.91. The molecule has 0 aliphatic rings. The van der Waals surface area contributed by atoms with Gasteiger partial charge in [-0.3, -0.25) is 0 Å². The second-order valence-corrected chi connectivity index (χ2v) is 9.29. The van der Waals surface area contributed by atoms with Crippen molar-refractivity contribution in [2.45, 2.75) is 58.3 Å². The molecular weight excluding hydrogens is 512 g/mol. The summed E-state index contributed by atoms with van der Waals surface area (Å²) in [6, 6.07) is 8.45. The van der Waals surface area contributed by atoms with Gasteiger partial charge in [0.05, 0.1) is 85.9 Å². The third kappa shape index (κ3) is 25.3. The summed E-state index contributed by atoms with van der Waals surface area (Å²) < 4.78 is 43.7. The fraction of sp³-hybridized carbons (Fsp3) is 0.750. The van der Waals surface area contributed by atoms with Crippen LogP contribution in [0.3, 0.4) is 0 Å². The minimum atomic E-state index is 0.315. The molecule has 0 saturated heterocycles. The number of hydrogen-bond donors (Lipinski definition) is 0. The van der Waals surface area contributed by atoms with E-state index in [1.165, 1.54) is 50.5 Å². The van der Waals surface area contributed by atoms with Crippen molar-refractivity contribution in [1.82, 2.24) is 0 Å². The van der Waals surface area contributed by atoms with E-state index in [0.717, 1.165) is 12.2 Å². The van der Waals surface area contributed by atoms with Crippen molar-refractivity contribution in [3.63, 3.8) is 0 Å². The van der Waals surface area contributed by atoms with Crippen molar-refractivity contribution in [2.75, 3.05) is 99.1 Å². The van der Waals surface area contributed by atoms with Crippen LogP contribution in [-0.4, -0.2) is 99.1 Å². The summed E-state index contributed by atoms with van der Waals surface area (Å²) in [6.45, 7) is 9.93. The van der Waals surface area contributed by atoms with Crippen molar-refractivity contribution >= 4 is 0 Å². The van der Waals surface area contributed by atoms with Crippen molar-refractivity contribution < 1.29 is 37.9 Å². The first-order chi connectivity index (χ1) is 19.9. The zero-order chi connectivity index (χ0) is 28.6. The molecular formula is C32H54O8. The van der Waals surface area contributed by atoms with Crippen LogP contribution in [0.4, 0.5) is 0 Å². The molecule has 0 amide bonds. The topological polar surface area (TPSA) is 73.8 Å². The third-order valence-corrected chi connectivity index (χ3v) is 5.91. The number of benzene rings is 1. The van der Waals surface area contributed by atoms with Gasteiger partial charge in [-0.2, -0.15) is 0 Å². The minimum Gasteiger partial charge on any atom is -0.491 e. The molecule has 1 aromatic rings. The largest absolute Gasteiger partial charge is 0.491 e. The van der Waals surface area contributed by atoms with Gasteiger partial charge in [-0.15, -0.1) is 6.42 Å². The quantitative estimate of drug-likeness (QED) is 0.0907. The molecule has 0 atom stereocenters. The van der Waals surface area contributed by atoms with Crippen LogP contribution in [0.2, 0.25) is 0 Å². The van der Waals surface area contributed by atoms with Gasteiger partial charge in [0.25, 0.3) is 0 Å². The van der Waals surface area contributed by atoms with Crippen molar-refractivity contribution in [2.24, 2.45) is 0 Å². The maximum Gasteiger partial charge on any atom is 0.119 e. The van der Waals surface area contributed by atoms with Gasteiger partial charge >= 0.3 is 0 Å². The van der Waals surface area contributed by atoms with E-state index in [1.54, 1.807) is 0 Å². The fourth-order valence-corrected chi connectivity index (χ4v) is 3.71. The lowest BCUT2D eigenvalue weighted by atomic mass is 10.0. The summed E-state index contributed by atoms with van der Waals surface area (Å²) in [7, 11) is 0. The molecule has 0 aliphatic carbocycles. The van der Waals surface area contributed by atoms with Crippen LogP contribution < -0.4 is 4.74 Å². The lowest BCUT2D eigenvalue weighted by Gasteiger charge is -2.09. The molecule has 0 aliphatic heterocycles. The number of rotatable bonds is 31. The van der Waals surface area contributed by atoms with Gasteiger partial charge in [0.15, 0.2) is 0 Å². The average Bonchev–Trinajstić information content (AvgIpc) is 2.98. The molecule has 40 heavy (non-hydrogen) atoms. The number of ether oxygens (including phenoxy) is 8. The molecule has 230 valence electrons. The summed E-state index contributed by atoms with van der Waals surface area (Å²) >= 11 is 0. The molecule has 1 aromatic carbocycles. The normalized spacial score (nSPS) is 11.1. The van der Waals surface area contributed by atoms with E-state index >= 15 is 0 Å². The van der Waals surface area contributed by atoms with Crippen LogP contribution in [0, 0.1) is 12.3 Å². The van der Waals surface area contributed by atoms with Gasteiger partial charge in [0.2, 0.25) is 0 Å². The van der Waals surface area contributed by atoms with Gasteiger partial charge in [-0.05, 0) is 30.5 Å². The number of aryl methyl sites for hydroxylation is 1. The Morgan fingerprint density at radius 1 is 0.500 bits per heavy atom. The Bertz CT molecular complexity index is 676. The molecule has 0 fully saturated rings. The first-order valence-electron chi connectivity index (χ1n) is 15.1. The molecule has 1 rings (SSSR count). The smallest absolute Gasteiger partial charge is 0.119 e. The molecule has 0 spiro atoms. The maximum absolute atomic E-state index is 5.77. The van der Waals surface area contributed by atoms with E-state index in [9.17, 15) is 0 Å². The zero-order valence-corrected chi connectivity index (χ0v) is 24.9. The van der Waals surface area contributed by atoms with Gasteiger partial charge in [0.1, 0.15) is 19.0 Å².